The first-order valence-electron chi connectivity index (χ1n) is 11.6. The van der Waals surface area contributed by atoms with Crippen molar-refractivity contribution >= 4 is 11.9 Å². The van der Waals surface area contributed by atoms with Gasteiger partial charge in [0.2, 0.25) is 5.91 Å². The number of carbonyl (C=O) groups is 2. The molecule has 35 heavy (non-hydrogen) atoms. The predicted octanol–water partition coefficient (Wildman–Crippen LogP) is 4.08. The third-order valence-corrected chi connectivity index (χ3v) is 5.85. The van der Waals surface area contributed by atoms with Gasteiger partial charge in [0.15, 0.2) is 0 Å². The summed E-state index contributed by atoms with van der Waals surface area (Å²) in [7, 11) is 0. The lowest BCUT2D eigenvalue weighted by Gasteiger charge is -2.23. The van der Waals surface area contributed by atoms with Gasteiger partial charge in [-0.25, -0.2) is 4.79 Å². The molecule has 2 aromatic carbocycles. The summed E-state index contributed by atoms with van der Waals surface area (Å²) in [5.74, 6) is -2.30. The van der Waals surface area contributed by atoms with E-state index in [1.165, 1.54) is 0 Å². The zero-order valence-electron chi connectivity index (χ0n) is 19.2. The van der Waals surface area contributed by atoms with E-state index in [1.54, 1.807) is 0 Å². The molecule has 1 aliphatic heterocycles. The molecule has 186 valence electrons. The van der Waals surface area contributed by atoms with Crippen LogP contribution in [0, 0.1) is 11.3 Å². The van der Waals surface area contributed by atoms with E-state index in [1.807, 2.05) is 48.5 Å². The smallest absolute Gasteiger partial charge is 0.459 e. The van der Waals surface area contributed by atoms with Crippen LogP contribution in [0.15, 0.2) is 48.5 Å². The van der Waals surface area contributed by atoms with Gasteiger partial charge in [0.1, 0.15) is 6.04 Å². The molecule has 1 saturated heterocycles. The first-order chi connectivity index (χ1) is 16.8. The normalized spacial score (nSPS) is 16.7. The van der Waals surface area contributed by atoms with E-state index in [0.717, 1.165) is 48.1 Å². The number of hydrogen-bond donors (Lipinski definition) is 2. The second-order valence-corrected chi connectivity index (χ2v) is 8.53. The maximum Gasteiger partial charge on any atom is 0.490 e. The summed E-state index contributed by atoms with van der Waals surface area (Å²) in [5.41, 5.74) is 3.80. The molecule has 1 heterocycles. The fourth-order valence-corrected chi connectivity index (χ4v) is 3.93. The van der Waals surface area contributed by atoms with Crippen LogP contribution in [-0.2, 0) is 27.2 Å². The molecule has 0 aliphatic carbocycles. The van der Waals surface area contributed by atoms with Crippen LogP contribution in [0.3, 0.4) is 0 Å². The number of hydrogen-bond acceptors (Lipinski definition) is 5. The average molecular weight is 488 g/mol. The van der Waals surface area contributed by atoms with Crippen molar-refractivity contribution in [3.05, 3.63) is 59.7 Å². The number of aryl methyl sites for hydroxylation is 1. The Morgan fingerprint density at radius 3 is 2.23 bits per heavy atom. The van der Waals surface area contributed by atoms with Crippen molar-refractivity contribution < 1.29 is 27.5 Å². The first-order valence-corrected chi connectivity index (χ1v) is 11.6. The molecule has 0 unspecified atom stereocenters. The maximum absolute atomic E-state index is 12.4. The lowest BCUT2D eigenvalue weighted by Crippen LogP contribution is -2.49. The van der Waals surface area contributed by atoms with Crippen LogP contribution in [0.5, 0.6) is 0 Å². The van der Waals surface area contributed by atoms with E-state index in [9.17, 15) is 28.0 Å². The number of alkyl halides is 3. The van der Waals surface area contributed by atoms with E-state index in [2.05, 4.69) is 21.4 Å². The van der Waals surface area contributed by atoms with E-state index in [0.29, 0.717) is 19.3 Å². The van der Waals surface area contributed by atoms with Gasteiger partial charge in [0.05, 0.1) is 18.7 Å². The molecule has 0 spiro atoms. The van der Waals surface area contributed by atoms with Crippen LogP contribution in [0.4, 0.5) is 13.2 Å². The minimum Gasteiger partial charge on any atom is -0.459 e. The number of nitrogens with one attached hydrogen (secondary N) is 2. The number of piperidine rings is 1. The molecule has 9 heteroatoms. The molecular weight excluding hydrogens is 459 g/mol. The molecule has 6 nitrogen and oxygen atoms in total. The van der Waals surface area contributed by atoms with Crippen LogP contribution in [0.2, 0.25) is 0 Å². The van der Waals surface area contributed by atoms with E-state index in [-0.39, 0.29) is 18.6 Å². The quantitative estimate of drug-likeness (QED) is 0.411. The molecule has 2 atom stereocenters. The van der Waals surface area contributed by atoms with E-state index in [4.69, 9.17) is 0 Å². The average Bonchev–Trinajstić information content (AvgIpc) is 2.86. The van der Waals surface area contributed by atoms with Gasteiger partial charge < -0.3 is 15.4 Å². The monoisotopic (exact) mass is 487 g/mol. The Bertz CT molecular complexity index is 1030. The number of amides is 1. The highest BCUT2D eigenvalue weighted by molar-refractivity contribution is 5.82. The van der Waals surface area contributed by atoms with Crippen LogP contribution < -0.4 is 10.6 Å². The molecule has 2 aromatic rings. The largest absolute Gasteiger partial charge is 0.490 e. The van der Waals surface area contributed by atoms with Crippen molar-refractivity contribution in [1.82, 2.24) is 10.6 Å². The standard InChI is InChI=1S/C26H28F3N3O3/c27-26(28,29)25(34)35-15-3-4-18-6-10-20(11-7-18)21-12-8-19(9-13-21)16-22(17-30)32-24(33)23-5-1-2-14-31-23/h6-13,22-23,31H,1-5,14-16H2,(H,32,33)/t22-,23-/m0/s1. The Hall–Kier alpha value is -3.38. The number of esters is 1. The van der Waals surface area contributed by atoms with Crippen molar-refractivity contribution in [2.75, 3.05) is 13.2 Å². The van der Waals surface area contributed by atoms with Gasteiger partial charge in [-0.1, -0.05) is 55.0 Å². The first kappa shape index (κ1) is 26.2. The zero-order valence-corrected chi connectivity index (χ0v) is 19.2. The Morgan fingerprint density at radius 2 is 1.69 bits per heavy atom. The highest BCUT2D eigenvalue weighted by atomic mass is 19.4. The van der Waals surface area contributed by atoms with E-state index < -0.39 is 18.2 Å². The molecule has 3 rings (SSSR count). The summed E-state index contributed by atoms with van der Waals surface area (Å²) in [4.78, 5) is 23.1. The molecular formula is C26H28F3N3O3. The van der Waals surface area contributed by atoms with Gasteiger partial charge in [-0.15, -0.1) is 0 Å². The highest BCUT2D eigenvalue weighted by Gasteiger charge is 2.40. The molecule has 0 radical (unpaired) electrons. The van der Waals surface area contributed by atoms with Gasteiger partial charge in [-0.2, -0.15) is 18.4 Å². The van der Waals surface area contributed by atoms with Crippen molar-refractivity contribution in [1.29, 1.82) is 5.26 Å². The van der Waals surface area contributed by atoms with Crippen LogP contribution in [0.25, 0.3) is 11.1 Å². The number of rotatable bonds is 9. The highest BCUT2D eigenvalue weighted by Crippen LogP contribution is 2.22. The Balaban J connectivity index is 1.48. The zero-order chi connectivity index (χ0) is 25.3. The Kier molecular flexibility index (Phi) is 9.26. The minimum absolute atomic E-state index is 0.133. The number of benzene rings is 2. The van der Waals surface area contributed by atoms with Crippen LogP contribution in [0.1, 0.15) is 36.8 Å². The summed E-state index contributed by atoms with van der Waals surface area (Å²) in [5, 5.41) is 15.5. The summed E-state index contributed by atoms with van der Waals surface area (Å²) >= 11 is 0. The third kappa shape index (κ3) is 8.11. The molecule has 1 fully saturated rings. The molecule has 2 N–H and O–H groups in total. The summed E-state index contributed by atoms with van der Waals surface area (Å²) in [6, 6.07) is 16.7. The van der Waals surface area contributed by atoms with Crippen molar-refractivity contribution in [2.24, 2.45) is 0 Å². The molecule has 0 saturated carbocycles. The third-order valence-electron chi connectivity index (χ3n) is 5.85. The number of ether oxygens (including phenoxy) is 1. The van der Waals surface area contributed by atoms with Crippen molar-refractivity contribution in [3.63, 3.8) is 0 Å². The molecule has 0 bridgehead atoms. The number of nitriles is 1. The lowest BCUT2D eigenvalue weighted by molar-refractivity contribution is -0.199. The second kappa shape index (κ2) is 12.4. The van der Waals surface area contributed by atoms with Gasteiger partial charge in [0, 0.05) is 6.42 Å². The summed E-state index contributed by atoms with van der Waals surface area (Å²) in [6.07, 6.45) is -0.931. The minimum atomic E-state index is -4.97. The predicted molar refractivity (Wildman–Crippen MR) is 124 cm³/mol. The van der Waals surface area contributed by atoms with Gasteiger partial charge in [0.25, 0.3) is 0 Å². The fraction of sp³-hybridized carbons (Fsp3) is 0.423. The van der Waals surface area contributed by atoms with Crippen LogP contribution in [-0.4, -0.2) is 43.3 Å². The Morgan fingerprint density at radius 1 is 1.06 bits per heavy atom. The summed E-state index contributed by atoms with van der Waals surface area (Å²) < 4.78 is 40.6. The second-order valence-electron chi connectivity index (χ2n) is 8.53. The van der Waals surface area contributed by atoms with Crippen molar-refractivity contribution in [3.8, 4) is 17.2 Å². The van der Waals surface area contributed by atoms with Gasteiger partial charge >= 0.3 is 12.1 Å². The maximum atomic E-state index is 12.4. The van der Waals surface area contributed by atoms with Gasteiger partial charge in [-0.3, -0.25) is 4.79 Å². The fourth-order valence-electron chi connectivity index (χ4n) is 3.93. The summed E-state index contributed by atoms with van der Waals surface area (Å²) in [6.45, 7) is 0.526. The van der Waals surface area contributed by atoms with Crippen molar-refractivity contribution in [2.45, 2.75) is 56.8 Å². The molecule has 1 aliphatic rings. The molecule has 1 amide bonds. The molecule has 0 aromatic heterocycles. The van der Waals surface area contributed by atoms with Crippen LogP contribution >= 0.6 is 0 Å². The topological polar surface area (TPSA) is 91.2 Å². The lowest BCUT2D eigenvalue weighted by atomic mass is 9.99. The number of carbonyl (C=O) groups excluding carboxylic acids is 2. The Labute approximate surface area is 202 Å². The SMILES string of the molecule is N#C[C@H](Cc1ccc(-c2ccc(CCCOC(=O)C(F)(F)F)cc2)cc1)NC(=O)[C@@H]1CCCCN1. The number of nitrogens with zero attached hydrogens (tertiary/aromatic N) is 1. The number of halogens is 3. The van der Waals surface area contributed by atoms with E-state index >= 15 is 0 Å². The van der Waals surface area contributed by atoms with Gasteiger partial charge in [-0.05, 0) is 54.5 Å².